The van der Waals surface area contributed by atoms with Crippen LogP contribution in [0.15, 0.2) is 29.3 Å². The van der Waals surface area contributed by atoms with Gasteiger partial charge in [0.15, 0.2) is 5.96 Å². The lowest BCUT2D eigenvalue weighted by Gasteiger charge is -2.19. The second-order valence-corrected chi connectivity index (χ2v) is 6.70. The molecule has 8 nitrogen and oxygen atoms in total. The quantitative estimate of drug-likeness (QED) is 0.201. The van der Waals surface area contributed by atoms with E-state index in [2.05, 4.69) is 20.9 Å². The van der Waals surface area contributed by atoms with Gasteiger partial charge in [-0.15, -0.1) is 24.0 Å². The first kappa shape index (κ1) is 25.0. The van der Waals surface area contributed by atoms with Crippen LogP contribution in [0.2, 0.25) is 0 Å². The Balaban J connectivity index is 0.00000676. The van der Waals surface area contributed by atoms with Crippen LogP contribution in [0.5, 0.6) is 0 Å². The number of amides is 2. The molecule has 0 radical (unpaired) electrons. The van der Waals surface area contributed by atoms with Crippen molar-refractivity contribution in [3.63, 3.8) is 0 Å². The van der Waals surface area contributed by atoms with Crippen molar-refractivity contribution in [2.45, 2.75) is 39.3 Å². The number of carbonyl (C=O) groups is 2. The number of nitrogens with one attached hydrogen (secondary N) is 3. The van der Waals surface area contributed by atoms with Crippen LogP contribution in [0, 0.1) is 0 Å². The van der Waals surface area contributed by atoms with Gasteiger partial charge in [-0.2, -0.15) is 0 Å². The molecule has 1 aromatic carbocycles. The Morgan fingerprint density at radius 3 is 2.19 bits per heavy atom. The lowest BCUT2D eigenvalue weighted by molar-refractivity contribution is 0.0527. The van der Waals surface area contributed by atoms with Crippen LogP contribution < -0.4 is 21.7 Å². The molecule has 0 heterocycles. The third-order valence-corrected chi connectivity index (χ3v) is 3.24. The molecule has 0 atom stereocenters. The molecule has 0 aromatic heterocycles. The summed E-state index contributed by atoms with van der Waals surface area (Å²) in [6, 6.07) is 7.06. The van der Waals surface area contributed by atoms with Crippen molar-refractivity contribution in [1.29, 1.82) is 0 Å². The second-order valence-electron chi connectivity index (χ2n) is 6.70. The largest absolute Gasteiger partial charge is 0.444 e. The van der Waals surface area contributed by atoms with Crippen LogP contribution in [0.4, 0.5) is 4.79 Å². The number of carbonyl (C=O) groups excluding carboxylic acids is 2. The minimum Gasteiger partial charge on any atom is -0.444 e. The summed E-state index contributed by atoms with van der Waals surface area (Å²) >= 11 is 0. The zero-order valence-corrected chi connectivity index (χ0v) is 18.6. The third kappa shape index (κ3) is 11.3. The van der Waals surface area contributed by atoms with E-state index < -0.39 is 17.6 Å². The van der Waals surface area contributed by atoms with Crippen LogP contribution in [-0.2, 0) is 11.3 Å². The number of rotatable bonds is 7. The molecule has 0 saturated carbocycles. The molecule has 2 amide bonds. The summed E-state index contributed by atoms with van der Waals surface area (Å²) in [6.45, 7) is 7.19. The van der Waals surface area contributed by atoms with Crippen LogP contribution in [0.1, 0.15) is 43.1 Å². The average Bonchev–Trinajstić information content (AvgIpc) is 2.56. The number of hydrogen-bond acceptors (Lipinski definition) is 4. The van der Waals surface area contributed by atoms with E-state index in [-0.39, 0.29) is 24.0 Å². The highest BCUT2D eigenvalue weighted by Gasteiger charge is 2.15. The molecule has 0 fully saturated rings. The van der Waals surface area contributed by atoms with Gasteiger partial charge in [0, 0.05) is 32.2 Å². The Morgan fingerprint density at radius 1 is 1.07 bits per heavy atom. The summed E-state index contributed by atoms with van der Waals surface area (Å²) in [5.74, 6) is 0.211. The predicted octanol–water partition coefficient (Wildman–Crippen LogP) is 1.98. The van der Waals surface area contributed by atoms with Gasteiger partial charge in [-0.3, -0.25) is 9.79 Å². The Kier molecular flexibility index (Phi) is 11.4. The smallest absolute Gasteiger partial charge is 0.407 e. The standard InChI is InChI=1S/C18H29N5O3.HI/c1-18(2,3)26-17(25)22-11-5-10-21-16(20-4)23-12-13-6-8-14(9-7-13)15(19)24;/h6-9H,5,10-12H2,1-4H3,(H2,19,24)(H,22,25)(H2,20,21,23);1H. The predicted molar refractivity (Wildman–Crippen MR) is 117 cm³/mol. The van der Waals surface area contributed by atoms with Crippen molar-refractivity contribution in [2.24, 2.45) is 10.7 Å². The van der Waals surface area contributed by atoms with Crippen molar-refractivity contribution in [3.8, 4) is 0 Å². The summed E-state index contributed by atoms with van der Waals surface area (Å²) in [5.41, 5.74) is 6.21. The van der Waals surface area contributed by atoms with E-state index in [1.54, 1.807) is 19.2 Å². The molecule has 27 heavy (non-hydrogen) atoms. The molecule has 0 aliphatic carbocycles. The first-order valence-corrected chi connectivity index (χ1v) is 8.51. The number of ether oxygens (including phenoxy) is 1. The zero-order chi connectivity index (χ0) is 19.6. The Hall–Kier alpha value is -2.04. The molecular formula is C18H30IN5O3. The van der Waals surface area contributed by atoms with Crippen molar-refractivity contribution >= 4 is 41.9 Å². The van der Waals surface area contributed by atoms with E-state index >= 15 is 0 Å². The van der Waals surface area contributed by atoms with Crippen molar-refractivity contribution in [2.75, 3.05) is 20.1 Å². The van der Waals surface area contributed by atoms with E-state index in [0.29, 0.717) is 31.2 Å². The molecule has 0 aliphatic heterocycles. The molecule has 0 spiro atoms. The summed E-state index contributed by atoms with van der Waals surface area (Å²) in [5, 5.41) is 9.04. The molecule has 9 heteroatoms. The van der Waals surface area contributed by atoms with E-state index in [0.717, 1.165) is 12.0 Å². The maximum Gasteiger partial charge on any atom is 0.407 e. The number of nitrogens with zero attached hydrogens (tertiary/aromatic N) is 1. The molecule has 1 aromatic rings. The highest BCUT2D eigenvalue weighted by atomic mass is 127. The molecular weight excluding hydrogens is 461 g/mol. The van der Waals surface area contributed by atoms with Crippen LogP contribution in [0.25, 0.3) is 0 Å². The van der Waals surface area contributed by atoms with Crippen LogP contribution >= 0.6 is 24.0 Å². The van der Waals surface area contributed by atoms with Crippen molar-refractivity contribution < 1.29 is 14.3 Å². The number of primary amides is 1. The monoisotopic (exact) mass is 491 g/mol. The number of nitrogens with two attached hydrogens (primary N) is 1. The fourth-order valence-corrected chi connectivity index (χ4v) is 1.99. The number of aliphatic imine (C=N–C) groups is 1. The third-order valence-electron chi connectivity index (χ3n) is 3.24. The average molecular weight is 491 g/mol. The molecule has 0 aliphatic rings. The van der Waals surface area contributed by atoms with Crippen LogP contribution in [-0.4, -0.2) is 43.7 Å². The van der Waals surface area contributed by atoms with E-state index in [4.69, 9.17) is 10.5 Å². The molecule has 0 bridgehead atoms. The summed E-state index contributed by atoms with van der Waals surface area (Å²) in [6.07, 6.45) is 0.312. The molecule has 0 unspecified atom stereocenters. The number of benzene rings is 1. The Morgan fingerprint density at radius 2 is 1.67 bits per heavy atom. The highest BCUT2D eigenvalue weighted by Crippen LogP contribution is 2.06. The SMILES string of the molecule is CN=C(NCCCNC(=O)OC(C)(C)C)NCc1ccc(C(N)=O)cc1.I. The number of guanidine groups is 1. The maximum atomic E-state index is 11.5. The van der Waals surface area contributed by atoms with Gasteiger partial charge in [0.25, 0.3) is 0 Å². The van der Waals surface area contributed by atoms with Gasteiger partial charge < -0.3 is 26.4 Å². The van der Waals surface area contributed by atoms with Gasteiger partial charge in [-0.1, -0.05) is 12.1 Å². The topological polar surface area (TPSA) is 118 Å². The molecule has 1 rings (SSSR count). The summed E-state index contributed by atoms with van der Waals surface area (Å²) < 4.78 is 5.16. The number of halogens is 1. The van der Waals surface area contributed by atoms with Crippen molar-refractivity contribution in [3.05, 3.63) is 35.4 Å². The minimum absolute atomic E-state index is 0. The maximum absolute atomic E-state index is 11.5. The first-order chi connectivity index (χ1) is 12.2. The van der Waals surface area contributed by atoms with E-state index in [1.165, 1.54) is 0 Å². The Labute approximate surface area is 177 Å². The molecule has 5 N–H and O–H groups in total. The zero-order valence-electron chi connectivity index (χ0n) is 16.3. The fraction of sp³-hybridized carbons (Fsp3) is 0.500. The second kappa shape index (κ2) is 12.4. The fourth-order valence-electron chi connectivity index (χ4n) is 1.99. The van der Waals surface area contributed by atoms with Gasteiger partial charge in [0.1, 0.15) is 5.60 Å². The van der Waals surface area contributed by atoms with Crippen LogP contribution in [0.3, 0.4) is 0 Å². The number of alkyl carbamates (subject to hydrolysis) is 1. The normalized spacial score (nSPS) is 11.2. The van der Waals surface area contributed by atoms with Gasteiger partial charge in [-0.05, 0) is 44.9 Å². The molecule has 0 saturated heterocycles. The van der Waals surface area contributed by atoms with Gasteiger partial charge in [-0.25, -0.2) is 4.79 Å². The van der Waals surface area contributed by atoms with Gasteiger partial charge in [0.05, 0.1) is 0 Å². The number of hydrogen-bond donors (Lipinski definition) is 4. The van der Waals surface area contributed by atoms with Gasteiger partial charge in [0.2, 0.25) is 5.91 Å². The summed E-state index contributed by atoms with van der Waals surface area (Å²) in [7, 11) is 1.68. The highest BCUT2D eigenvalue weighted by molar-refractivity contribution is 14.0. The van der Waals surface area contributed by atoms with Gasteiger partial charge >= 0.3 is 6.09 Å². The lowest BCUT2D eigenvalue weighted by atomic mass is 10.1. The van der Waals surface area contributed by atoms with Crippen molar-refractivity contribution in [1.82, 2.24) is 16.0 Å². The Bertz CT molecular complexity index is 627. The lowest BCUT2D eigenvalue weighted by Crippen LogP contribution is -2.39. The van der Waals surface area contributed by atoms with E-state index in [1.807, 2.05) is 32.9 Å². The molecule has 152 valence electrons. The van der Waals surface area contributed by atoms with E-state index in [9.17, 15) is 9.59 Å². The summed E-state index contributed by atoms with van der Waals surface area (Å²) in [4.78, 5) is 26.7. The first-order valence-electron chi connectivity index (χ1n) is 8.51. The minimum atomic E-state index is -0.496.